The van der Waals surface area contributed by atoms with E-state index in [9.17, 15) is 0 Å². The molecule has 0 saturated heterocycles. The highest BCUT2D eigenvalue weighted by molar-refractivity contribution is 4.94. The number of unbranched alkanes of at least 4 members (excludes halogenated alkanes) is 2. The van der Waals surface area contributed by atoms with E-state index in [1.54, 1.807) is 0 Å². The molecule has 2 nitrogen and oxygen atoms in total. The van der Waals surface area contributed by atoms with Gasteiger partial charge in [-0.3, -0.25) is 0 Å². The van der Waals surface area contributed by atoms with Crippen LogP contribution >= 0.6 is 0 Å². The molecule has 0 spiro atoms. The lowest BCUT2D eigenvalue weighted by atomic mass is 9.83. The van der Waals surface area contributed by atoms with Crippen molar-refractivity contribution in [3.63, 3.8) is 0 Å². The molecule has 0 aromatic rings. The summed E-state index contributed by atoms with van der Waals surface area (Å²) < 4.78 is 6.27. The van der Waals surface area contributed by atoms with Crippen LogP contribution in [-0.4, -0.2) is 25.3 Å². The average molecular weight is 255 g/mol. The van der Waals surface area contributed by atoms with Gasteiger partial charge in [0.15, 0.2) is 0 Å². The normalized spacial score (nSPS) is 21.5. The number of hydrogen-bond acceptors (Lipinski definition) is 2. The first-order valence-electron chi connectivity index (χ1n) is 8.10. The van der Waals surface area contributed by atoms with E-state index in [1.807, 2.05) is 0 Å². The van der Waals surface area contributed by atoms with Crippen LogP contribution in [0, 0.1) is 0 Å². The Morgan fingerprint density at radius 2 is 1.72 bits per heavy atom. The van der Waals surface area contributed by atoms with Gasteiger partial charge in [0.05, 0.1) is 5.60 Å². The number of likely N-dealkylation sites (N-methyl/N-ethyl adjacent to an activating group) is 1. The number of nitrogens with one attached hydrogen (secondary N) is 1. The van der Waals surface area contributed by atoms with Crippen LogP contribution in [0.5, 0.6) is 0 Å². The molecular weight excluding hydrogens is 222 g/mol. The van der Waals surface area contributed by atoms with E-state index in [2.05, 4.69) is 26.2 Å². The Bertz CT molecular complexity index is 197. The average Bonchev–Trinajstić information content (AvgIpc) is 2.62. The van der Waals surface area contributed by atoms with Crippen molar-refractivity contribution in [1.82, 2.24) is 5.32 Å². The van der Waals surface area contributed by atoms with Gasteiger partial charge < -0.3 is 10.1 Å². The predicted molar refractivity (Wildman–Crippen MR) is 79.0 cm³/mol. The summed E-state index contributed by atoms with van der Waals surface area (Å²) in [5.74, 6) is 0. The first-order valence-corrected chi connectivity index (χ1v) is 8.10. The lowest BCUT2D eigenvalue weighted by Crippen LogP contribution is -2.51. The van der Waals surface area contributed by atoms with Crippen LogP contribution in [0.1, 0.15) is 78.1 Å². The van der Waals surface area contributed by atoms with Gasteiger partial charge in [-0.2, -0.15) is 0 Å². The van der Waals surface area contributed by atoms with Crippen LogP contribution in [0.15, 0.2) is 0 Å². The molecule has 1 aliphatic carbocycles. The molecule has 0 aliphatic heterocycles. The van der Waals surface area contributed by atoms with Crippen molar-refractivity contribution in [2.75, 3.05) is 13.7 Å². The fourth-order valence-corrected chi connectivity index (χ4v) is 3.48. The van der Waals surface area contributed by atoms with Gasteiger partial charge in [-0.05, 0) is 33.2 Å². The second-order valence-corrected chi connectivity index (χ2v) is 5.75. The highest BCUT2D eigenvalue weighted by atomic mass is 16.5. The molecule has 1 aliphatic rings. The molecule has 18 heavy (non-hydrogen) atoms. The molecule has 1 rings (SSSR count). The molecule has 2 heteroatoms. The fourth-order valence-electron chi connectivity index (χ4n) is 3.48. The van der Waals surface area contributed by atoms with E-state index in [1.165, 1.54) is 64.2 Å². The van der Waals surface area contributed by atoms with E-state index < -0.39 is 0 Å². The van der Waals surface area contributed by atoms with Crippen molar-refractivity contribution >= 4 is 0 Å². The molecule has 0 bridgehead atoms. The summed E-state index contributed by atoms with van der Waals surface area (Å²) in [4.78, 5) is 0. The zero-order valence-electron chi connectivity index (χ0n) is 12.8. The zero-order chi connectivity index (χ0) is 13.3. The highest BCUT2D eigenvalue weighted by Crippen LogP contribution is 2.35. The topological polar surface area (TPSA) is 21.3 Å². The summed E-state index contributed by atoms with van der Waals surface area (Å²) >= 11 is 0. The van der Waals surface area contributed by atoms with E-state index in [-0.39, 0.29) is 5.60 Å². The van der Waals surface area contributed by atoms with Gasteiger partial charge in [0.25, 0.3) is 0 Å². The van der Waals surface area contributed by atoms with Gasteiger partial charge in [-0.1, -0.05) is 51.9 Å². The third-order valence-corrected chi connectivity index (χ3v) is 4.46. The minimum absolute atomic E-state index is 0.119. The molecule has 1 fully saturated rings. The summed E-state index contributed by atoms with van der Waals surface area (Å²) in [5, 5.41) is 3.56. The Balaban J connectivity index is 2.64. The number of hydrogen-bond donors (Lipinski definition) is 1. The van der Waals surface area contributed by atoms with Crippen molar-refractivity contribution in [3.8, 4) is 0 Å². The molecule has 0 aromatic carbocycles. The predicted octanol–water partition coefficient (Wildman–Crippen LogP) is 4.28. The molecule has 0 heterocycles. The van der Waals surface area contributed by atoms with Gasteiger partial charge in [-0.25, -0.2) is 0 Å². The molecular formula is C16H33NO. The Morgan fingerprint density at radius 3 is 2.22 bits per heavy atom. The molecule has 1 atom stereocenters. The monoisotopic (exact) mass is 255 g/mol. The van der Waals surface area contributed by atoms with Crippen molar-refractivity contribution < 1.29 is 4.74 Å². The van der Waals surface area contributed by atoms with Crippen molar-refractivity contribution in [1.29, 1.82) is 0 Å². The van der Waals surface area contributed by atoms with Crippen LogP contribution in [-0.2, 0) is 4.74 Å². The summed E-state index contributed by atoms with van der Waals surface area (Å²) in [6, 6.07) is 0.544. The van der Waals surface area contributed by atoms with Gasteiger partial charge >= 0.3 is 0 Å². The standard InChI is InChI=1S/C16H33NO/c1-4-6-9-12-15(17-3)16(18-5-2)13-10-7-8-11-14-16/h15,17H,4-14H2,1-3H3. The Hall–Kier alpha value is -0.0800. The minimum Gasteiger partial charge on any atom is -0.374 e. The Kier molecular flexibility index (Phi) is 7.92. The lowest BCUT2D eigenvalue weighted by molar-refractivity contribution is -0.0774. The summed E-state index contributed by atoms with van der Waals surface area (Å²) in [5.41, 5.74) is 0.119. The van der Waals surface area contributed by atoms with Crippen LogP contribution < -0.4 is 5.32 Å². The molecule has 1 unspecified atom stereocenters. The Morgan fingerprint density at radius 1 is 1.06 bits per heavy atom. The molecule has 0 amide bonds. The zero-order valence-corrected chi connectivity index (χ0v) is 12.8. The van der Waals surface area contributed by atoms with Crippen LogP contribution in [0.25, 0.3) is 0 Å². The second kappa shape index (κ2) is 8.92. The largest absolute Gasteiger partial charge is 0.374 e. The first kappa shape index (κ1) is 16.0. The fraction of sp³-hybridized carbons (Fsp3) is 1.00. The molecule has 108 valence electrons. The first-order chi connectivity index (χ1) is 8.79. The van der Waals surface area contributed by atoms with E-state index in [0.717, 1.165) is 6.61 Å². The Labute approximate surface area is 114 Å². The van der Waals surface area contributed by atoms with Gasteiger partial charge in [0.2, 0.25) is 0 Å². The minimum atomic E-state index is 0.119. The van der Waals surface area contributed by atoms with E-state index in [4.69, 9.17) is 4.74 Å². The lowest BCUT2D eigenvalue weighted by Gasteiger charge is -2.40. The molecule has 1 saturated carbocycles. The maximum Gasteiger partial charge on any atom is 0.0834 e. The summed E-state index contributed by atoms with van der Waals surface area (Å²) in [7, 11) is 2.11. The maximum atomic E-state index is 6.27. The summed E-state index contributed by atoms with van der Waals surface area (Å²) in [6.07, 6.45) is 13.2. The molecule has 0 aromatic heterocycles. The van der Waals surface area contributed by atoms with E-state index in [0.29, 0.717) is 6.04 Å². The van der Waals surface area contributed by atoms with Crippen molar-refractivity contribution in [3.05, 3.63) is 0 Å². The highest BCUT2D eigenvalue weighted by Gasteiger charge is 2.38. The second-order valence-electron chi connectivity index (χ2n) is 5.75. The van der Waals surface area contributed by atoms with Crippen LogP contribution in [0.3, 0.4) is 0 Å². The third kappa shape index (κ3) is 4.55. The smallest absolute Gasteiger partial charge is 0.0834 e. The van der Waals surface area contributed by atoms with Gasteiger partial charge in [-0.15, -0.1) is 0 Å². The van der Waals surface area contributed by atoms with Crippen molar-refractivity contribution in [2.24, 2.45) is 0 Å². The molecule has 1 N–H and O–H groups in total. The van der Waals surface area contributed by atoms with Gasteiger partial charge in [0, 0.05) is 12.6 Å². The SMILES string of the molecule is CCCCCC(NC)C1(OCC)CCCCCC1. The van der Waals surface area contributed by atoms with Crippen LogP contribution in [0.4, 0.5) is 0 Å². The van der Waals surface area contributed by atoms with E-state index >= 15 is 0 Å². The number of ether oxygens (including phenoxy) is 1. The third-order valence-electron chi connectivity index (χ3n) is 4.46. The van der Waals surface area contributed by atoms with Crippen molar-refractivity contribution in [2.45, 2.75) is 89.7 Å². The number of rotatable bonds is 8. The van der Waals surface area contributed by atoms with Crippen LogP contribution in [0.2, 0.25) is 0 Å². The quantitative estimate of drug-likeness (QED) is 0.516. The van der Waals surface area contributed by atoms with Gasteiger partial charge in [0.1, 0.15) is 0 Å². The maximum absolute atomic E-state index is 6.27. The molecule has 0 radical (unpaired) electrons. The summed E-state index contributed by atoms with van der Waals surface area (Å²) in [6.45, 7) is 5.27.